The first-order valence-electron chi connectivity index (χ1n) is 8.95. The highest BCUT2D eigenvalue weighted by molar-refractivity contribution is 5.83. The van der Waals surface area contributed by atoms with E-state index in [-0.39, 0.29) is 11.9 Å². The second-order valence-electron chi connectivity index (χ2n) is 6.99. The normalized spacial score (nSPS) is 22.2. The van der Waals surface area contributed by atoms with Gasteiger partial charge in [0.05, 0.1) is 0 Å². The van der Waals surface area contributed by atoms with Crippen LogP contribution in [0.3, 0.4) is 0 Å². The van der Waals surface area contributed by atoms with E-state index in [2.05, 4.69) is 52.7 Å². The van der Waals surface area contributed by atoms with Gasteiger partial charge in [-0.2, -0.15) is 0 Å². The fourth-order valence-electron chi connectivity index (χ4n) is 3.69. The number of hydrogen-bond acceptors (Lipinski definition) is 2. The van der Waals surface area contributed by atoms with E-state index in [0.29, 0.717) is 12.0 Å². The molecule has 0 bridgehead atoms. The van der Waals surface area contributed by atoms with Crippen LogP contribution >= 0.6 is 0 Å². The van der Waals surface area contributed by atoms with Crippen molar-refractivity contribution in [1.29, 1.82) is 0 Å². The predicted molar refractivity (Wildman–Crippen MR) is 95.7 cm³/mol. The summed E-state index contributed by atoms with van der Waals surface area (Å²) in [7, 11) is 0. The number of benzene rings is 2. The van der Waals surface area contributed by atoms with E-state index in [1.807, 2.05) is 18.2 Å². The Balaban J connectivity index is 1.54. The van der Waals surface area contributed by atoms with Crippen molar-refractivity contribution in [3.05, 3.63) is 71.8 Å². The molecule has 3 nitrogen and oxygen atoms in total. The van der Waals surface area contributed by atoms with Gasteiger partial charge in [0.2, 0.25) is 5.91 Å². The summed E-state index contributed by atoms with van der Waals surface area (Å²) in [6.45, 7) is 1.92. The minimum atomic E-state index is -0.166. The van der Waals surface area contributed by atoms with Crippen LogP contribution in [-0.2, 0) is 4.79 Å². The van der Waals surface area contributed by atoms with Crippen LogP contribution in [0.2, 0.25) is 0 Å². The number of rotatable bonds is 5. The third-order valence-electron chi connectivity index (χ3n) is 5.14. The number of carbonyl (C=O) groups is 1. The summed E-state index contributed by atoms with van der Waals surface area (Å²) in [4.78, 5) is 15.2. The maximum absolute atomic E-state index is 12.9. The lowest BCUT2D eigenvalue weighted by Gasteiger charge is -2.27. The molecule has 124 valence electrons. The monoisotopic (exact) mass is 320 g/mol. The van der Waals surface area contributed by atoms with Gasteiger partial charge in [-0.15, -0.1) is 0 Å². The lowest BCUT2D eigenvalue weighted by molar-refractivity contribution is -0.126. The fraction of sp³-hybridized carbons (Fsp3) is 0.381. The number of nitrogens with one attached hydrogen (secondary N) is 1. The van der Waals surface area contributed by atoms with Crippen molar-refractivity contribution in [2.75, 3.05) is 13.1 Å². The molecule has 4 rings (SSSR count). The Morgan fingerprint density at radius 3 is 2.29 bits per heavy atom. The van der Waals surface area contributed by atoms with Gasteiger partial charge < -0.3 is 5.32 Å². The van der Waals surface area contributed by atoms with Crippen molar-refractivity contribution >= 4 is 5.91 Å². The lowest BCUT2D eigenvalue weighted by Crippen LogP contribution is -2.40. The first-order chi connectivity index (χ1) is 11.8. The van der Waals surface area contributed by atoms with Crippen LogP contribution in [0.1, 0.15) is 42.3 Å². The molecule has 2 aliphatic rings. The lowest BCUT2D eigenvalue weighted by atomic mass is 9.98. The SMILES string of the molecule is O=C(NC1CC1)C(c1ccccc1)N1CCC(c2ccccc2)C1. The molecule has 1 heterocycles. The van der Waals surface area contributed by atoms with E-state index in [9.17, 15) is 4.79 Å². The van der Waals surface area contributed by atoms with Crippen molar-refractivity contribution < 1.29 is 4.79 Å². The number of amides is 1. The number of likely N-dealkylation sites (tertiary alicyclic amines) is 1. The second-order valence-corrected chi connectivity index (χ2v) is 6.99. The van der Waals surface area contributed by atoms with E-state index in [1.54, 1.807) is 0 Å². The number of carbonyl (C=O) groups excluding carboxylic acids is 1. The fourth-order valence-corrected chi connectivity index (χ4v) is 3.69. The molecule has 1 saturated heterocycles. The molecule has 24 heavy (non-hydrogen) atoms. The van der Waals surface area contributed by atoms with Crippen molar-refractivity contribution in [2.45, 2.75) is 37.3 Å². The van der Waals surface area contributed by atoms with Gasteiger partial charge in [0.15, 0.2) is 0 Å². The highest BCUT2D eigenvalue weighted by atomic mass is 16.2. The first kappa shape index (κ1) is 15.4. The van der Waals surface area contributed by atoms with Gasteiger partial charge in [0, 0.05) is 12.6 Å². The largest absolute Gasteiger partial charge is 0.352 e. The molecule has 0 radical (unpaired) electrons. The molecule has 0 spiro atoms. The summed E-state index contributed by atoms with van der Waals surface area (Å²) in [5, 5.41) is 3.20. The molecule has 2 aromatic carbocycles. The van der Waals surface area contributed by atoms with Crippen molar-refractivity contribution in [3.8, 4) is 0 Å². The van der Waals surface area contributed by atoms with E-state index in [1.165, 1.54) is 5.56 Å². The maximum Gasteiger partial charge on any atom is 0.242 e. The summed E-state index contributed by atoms with van der Waals surface area (Å²) >= 11 is 0. The molecular weight excluding hydrogens is 296 g/mol. The molecular formula is C21H24N2O. The van der Waals surface area contributed by atoms with Crippen LogP contribution < -0.4 is 5.32 Å². The summed E-state index contributed by atoms with van der Waals surface area (Å²) in [6, 6.07) is 21.1. The molecule has 3 heteroatoms. The zero-order chi connectivity index (χ0) is 16.4. The van der Waals surface area contributed by atoms with Crippen LogP contribution in [0.4, 0.5) is 0 Å². The third kappa shape index (κ3) is 3.36. The third-order valence-corrected chi connectivity index (χ3v) is 5.14. The van der Waals surface area contributed by atoms with Gasteiger partial charge in [0.25, 0.3) is 0 Å². The van der Waals surface area contributed by atoms with Crippen LogP contribution in [0, 0.1) is 0 Å². The van der Waals surface area contributed by atoms with Crippen molar-refractivity contribution in [3.63, 3.8) is 0 Å². The topological polar surface area (TPSA) is 32.3 Å². The molecule has 2 fully saturated rings. The van der Waals surface area contributed by atoms with Crippen LogP contribution in [0.15, 0.2) is 60.7 Å². The van der Waals surface area contributed by atoms with Gasteiger partial charge in [-0.25, -0.2) is 0 Å². The Bertz CT molecular complexity index is 681. The molecule has 1 aliphatic carbocycles. The standard InChI is InChI=1S/C21H24N2O/c24-21(22-19-11-12-19)20(17-9-5-2-6-10-17)23-14-13-18(15-23)16-7-3-1-4-8-16/h1-10,18-20H,11-15H2,(H,22,24). The van der Waals surface area contributed by atoms with Gasteiger partial charge in [-0.1, -0.05) is 60.7 Å². The summed E-state index contributed by atoms with van der Waals surface area (Å²) in [6.07, 6.45) is 3.36. The Morgan fingerprint density at radius 1 is 0.958 bits per heavy atom. The van der Waals surface area contributed by atoms with E-state index in [0.717, 1.165) is 37.9 Å². The summed E-state index contributed by atoms with van der Waals surface area (Å²) < 4.78 is 0. The molecule has 1 saturated carbocycles. The zero-order valence-corrected chi connectivity index (χ0v) is 13.9. The molecule has 2 atom stereocenters. The molecule has 2 aromatic rings. The quantitative estimate of drug-likeness (QED) is 0.914. The summed E-state index contributed by atoms with van der Waals surface area (Å²) in [5.74, 6) is 0.684. The van der Waals surface area contributed by atoms with Crippen molar-refractivity contribution in [2.24, 2.45) is 0 Å². The Kier molecular flexibility index (Phi) is 4.35. The van der Waals surface area contributed by atoms with E-state index >= 15 is 0 Å². The summed E-state index contributed by atoms with van der Waals surface area (Å²) in [5.41, 5.74) is 2.48. The number of nitrogens with zero attached hydrogens (tertiary/aromatic N) is 1. The van der Waals surface area contributed by atoms with Gasteiger partial charge in [-0.05, 0) is 42.9 Å². The van der Waals surface area contributed by atoms with Gasteiger partial charge in [0.1, 0.15) is 6.04 Å². The average Bonchev–Trinajstić information content (AvgIpc) is 3.31. The maximum atomic E-state index is 12.9. The van der Waals surface area contributed by atoms with Gasteiger partial charge >= 0.3 is 0 Å². The minimum Gasteiger partial charge on any atom is -0.352 e. The van der Waals surface area contributed by atoms with E-state index in [4.69, 9.17) is 0 Å². The molecule has 2 unspecified atom stereocenters. The smallest absolute Gasteiger partial charge is 0.242 e. The highest BCUT2D eigenvalue weighted by Gasteiger charge is 2.36. The first-order valence-corrected chi connectivity index (χ1v) is 8.95. The average molecular weight is 320 g/mol. The second kappa shape index (κ2) is 6.78. The molecule has 1 aliphatic heterocycles. The van der Waals surface area contributed by atoms with Crippen LogP contribution in [0.25, 0.3) is 0 Å². The Hall–Kier alpha value is -2.13. The zero-order valence-electron chi connectivity index (χ0n) is 13.9. The van der Waals surface area contributed by atoms with Crippen LogP contribution in [0.5, 0.6) is 0 Å². The molecule has 0 aromatic heterocycles. The van der Waals surface area contributed by atoms with Crippen LogP contribution in [-0.4, -0.2) is 29.9 Å². The Morgan fingerprint density at radius 2 is 1.62 bits per heavy atom. The van der Waals surface area contributed by atoms with Crippen molar-refractivity contribution in [1.82, 2.24) is 10.2 Å². The minimum absolute atomic E-state index is 0.164. The molecule has 1 amide bonds. The predicted octanol–water partition coefficient (Wildman–Crippen LogP) is 3.50. The number of hydrogen-bond donors (Lipinski definition) is 1. The highest BCUT2D eigenvalue weighted by Crippen LogP contribution is 2.33. The Labute approximate surface area is 143 Å². The van der Waals surface area contributed by atoms with E-state index < -0.39 is 0 Å². The van der Waals surface area contributed by atoms with Gasteiger partial charge in [-0.3, -0.25) is 9.69 Å². The molecule has 1 N–H and O–H groups in total.